The molecule has 0 radical (unpaired) electrons. The predicted octanol–water partition coefficient (Wildman–Crippen LogP) is 4.22. The number of benzene rings is 2. The van der Waals surface area contributed by atoms with Crippen LogP contribution < -0.4 is 5.73 Å². The lowest BCUT2D eigenvalue weighted by molar-refractivity contribution is 0.570. The van der Waals surface area contributed by atoms with Gasteiger partial charge in [-0.25, -0.2) is 13.2 Å². The molecule has 0 aliphatic rings. The minimum Gasteiger partial charge on any atom is -0.320 e. The van der Waals surface area contributed by atoms with Crippen LogP contribution in [-0.4, -0.2) is 0 Å². The van der Waals surface area contributed by atoms with Gasteiger partial charge in [-0.1, -0.05) is 6.07 Å². The predicted molar refractivity (Wildman–Crippen MR) is 71.2 cm³/mol. The van der Waals surface area contributed by atoms with Crippen molar-refractivity contribution >= 4 is 15.9 Å². The van der Waals surface area contributed by atoms with Crippen LogP contribution in [0.4, 0.5) is 13.2 Å². The molecule has 0 saturated carbocycles. The standard InChI is InChI=1S/C14H11BrF3N/c1-7-2-8(4-9(16)3-7)14(19)10-5-13(18)11(15)6-12(10)17/h2-6,14H,19H2,1H3. The molecule has 19 heavy (non-hydrogen) atoms. The Morgan fingerprint density at radius 2 is 1.68 bits per heavy atom. The SMILES string of the molecule is Cc1cc(F)cc(C(N)c2cc(F)c(Br)cc2F)c1. The Morgan fingerprint density at radius 3 is 2.32 bits per heavy atom. The van der Waals surface area contributed by atoms with E-state index in [2.05, 4.69) is 15.9 Å². The molecule has 0 aromatic heterocycles. The molecule has 100 valence electrons. The van der Waals surface area contributed by atoms with E-state index in [0.29, 0.717) is 11.1 Å². The lowest BCUT2D eigenvalue weighted by Crippen LogP contribution is -2.14. The summed E-state index contributed by atoms with van der Waals surface area (Å²) >= 11 is 2.89. The van der Waals surface area contributed by atoms with E-state index in [-0.39, 0.29) is 10.0 Å². The third-order valence-corrected chi connectivity index (χ3v) is 3.41. The summed E-state index contributed by atoms with van der Waals surface area (Å²) < 4.78 is 40.6. The molecule has 0 fully saturated rings. The first-order chi connectivity index (χ1) is 8.88. The van der Waals surface area contributed by atoms with Gasteiger partial charge < -0.3 is 5.73 Å². The third-order valence-electron chi connectivity index (χ3n) is 2.80. The first kappa shape index (κ1) is 14.1. The fraction of sp³-hybridized carbons (Fsp3) is 0.143. The molecule has 2 aromatic carbocycles. The second-order valence-corrected chi connectivity index (χ2v) is 5.18. The molecule has 5 heteroatoms. The summed E-state index contributed by atoms with van der Waals surface area (Å²) in [4.78, 5) is 0. The van der Waals surface area contributed by atoms with Gasteiger partial charge in [-0.05, 0) is 58.2 Å². The molecule has 0 saturated heterocycles. The number of halogens is 4. The van der Waals surface area contributed by atoms with Gasteiger partial charge in [0.15, 0.2) is 0 Å². The van der Waals surface area contributed by atoms with Crippen molar-refractivity contribution in [1.82, 2.24) is 0 Å². The van der Waals surface area contributed by atoms with E-state index in [1.165, 1.54) is 12.1 Å². The third kappa shape index (κ3) is 2.98. The van der Waals surface area contributed by atoms with Gasteiger partial charge in [-0.2, -0.15) is 0 Å². The van der Waals surface area contributed by atoms with Crippen LogP contribution in [0.25, 0.3) is 0 Å². The quantitative estimate of drug-likeness (QED) is 0.820. The minimum atomic E-state index is -0.919. The first-order valence-corrected chi connectivity index (χ1v) is 6.35. The van der Waals surface area contributed by atoms with E-state index < -0.39 is 23.5 Å². The molecule has 0 spiro atoms. The fourth-order valence-corrected chi connectivity index (χ4v) is 2.22. The van der Waals surface area contributed by atoms with Gasteiger partial charge in [-0.3, -0.25) is 0 Å². The molecule has 0 heterocycles. The zero-order valence-electron chi connectivity index (χ0n) is 10.1. The molecule has 0 bridgehead atoms. The van der Waals surface area contributed by atoms with Crippen LogP contribution in [0.5, 0.6) is 0 Å². The maximum Gasteiger partial charge on any atom is 0.137 e. The van der Waals surface area contributed by atoms with E-state index in [9.17, 15) is 13.2 Å². The van der Waals surface area contributed by atoms with Gasteiger partial charge >= 0.3 is 0 Å². The molecular formula is C14H11BrF3N. The lowest BCUT2D eigenvalue weighted by atomic mass is 9.97. The average Bonchev–Trinajstić information content (AvgIpc) is 2.31. The lowest BCUT2D eigenvalue weighted by Gasteiger charge is -2.15. The maximum atomic E-state index is 13.8. The molecule has 1 atom stereocenters. The van der Waals surface area contributed by atoms with Gasteiger partial charge in [0, 0.05) is 5.56 Å². The van der Waals surface area contributed by atoms with Crippen LogP contribution >= 0.6 is 15.9 Å². The van der Waals surface area contributed by atoms with Crippen molar-refractivity contribution in [2.45, 2.75) is 13.0 Å². The average molecular weight is 330 g/mol. The van der Waals surface area contributed by atoms with Crippen LogP contribution in [0.1, 0.15) is 22.7 Å². The Kier molecular flexibility index (Phi) is 3.96. The highest BCUT2D eigenvalue weighted by Gasteiger charge is 2.17. The molecule has 2 rings (SSSR count). The van der Waals surface area contributed by atoms with Crippen LogP contribution in [0, 0.1) is 24.4 Å². The second-order valence-electron chi connectivity index (χ2n) is 4.33. The number of rotatable bonds is 2. The van der Waals surface area contributed by atoms with Gasteiger partial charge in [0.1, 0.15) is 17.5 Å². The van der Waals surface area contributed by atoms with Crippen molar-refractivity contribution in [3.05, 3.63) is 68.9 Å². The van der Waals surface area contributed by atoms with Crippen molar-refractivity contribution in [2.24, 2.45) is 5.73 Å². The van der Waals surface area contributed by atoms with Crippen molar-refractivity contribution in [2.75, 3.05) is 0 Å². The normalized spacial score (nSPS) is 12.5. The van der Waals surface area contributed by atoms with Gasteiger partial charge in [0.2, 0.25) is 0 Å². The molecule has 1 unspecified atom stereocenters. The minimum absolute atomic E-state index is 0.00861. The summed E-state index contributed by atoms with van der Waals surface area (Å²) in [5, 5.41) is 0. The Hall–Kier alpha value is -1.33. The van der Waals surface area contributed by atoms with E-state index in [0.717, 1.165) is 12.1 Å². The van der Waals surface area contributed by atoms with E-state index in [1.54, 1.807) is 13.0 Å². The van der Waals surface area contributed by atoms with Crippen molar-refractivity contribution in [3.63, 3.8) is 0 Å². The van der Waals surface area contributed by atoms with Gasteiger partial charge in [0.05, 0.1) is 10.5 Å². The van der Waals surface area contributed by atoms with E-state index >= 15 is 0 Å². The molecule has 0 amide bonds. The Labute approximate surface area is 117 Å². The molecule has 0 aliphatic carbocycles. The van der Waals surface area contributed by atoms with Crippen molar-refractivity contribution in [1.29, 1.82) is 0 Å². The van der Waals surface area contributed by atoms with E-state index in [4.69, 9.17) is 5.73 Å². The van der Waals surface area contributed by atoms with E-state index in [1.807, 2.05) is 0 Å². The Bertz CT molecular complexity index is 608. The highest BCUT2D eigenvalue weighted by molar-refractivity contribution is 9.10. The molecule has 2 aromatic rings. The highest BCUT2D eigenvalue weighted by atomic mass is 79.9. The van der Waals surface area contributed by atoms with Gasteiger partial charge in [-0.15, -0.1) is 0 Å². The Morgan fingerprint density at radius 1 is 1.00 bits per heavy atom. The van der Waals surface area contributed by atoms with Crippen LogP contribution in [0.2, 0.25) is 0 Å². The monoisotopic (exact) mass is 329 g/mol. The van der Waals surface area contributed by atoms with Crippen molar-refractivity contribution < 1.29 is 13.2 Å². The Balaban J connectivity index is 2.49. The zero-order chi connectivity index (χ0) is 14.2. The molecule has 0 aliphatic heterocycles. The van der Waals surface area contributed by atoms with Crippen LogP contribution in [0.3, 0.4) is 0 Å². The first-order valence-electron chi connectivity index (χ1n) is 5.55. The summed E-state index contributed by atoms with van der Waals surface area (Å²) in [7, 11) is 0. The van der Waals surface area contributed by atoms with Crippen LogP contribution in [-0.2, 0) is 0 Å². The largest absolute Gasteiger partial charge is 0.320 e. The summed E-state index contributed by atoms with van der Waals surface area (Å²) in [6.07, 6.45) is 0. The summed E-state index contributed by atoms with van der Waals surface area (Å²) in [6, 6.07) is 5.32. The smallest absolute Gasteiger partial charge is 0.137 e. The van der Waals surface area contributed by atoms with Crippen LogP contribution in [0.15, 0.2) is 34.8 Å². The highest BCUT2D eigenvalue weighted by Crippen LogP contribution is 2.27. The number of hydrogen-bond acceptors (Lipinski definition) is 1. The maximum absolute atomic E-state index is 13.8. The second kappa shape index (κ2) is 5.35. The molecular weight excluding hydrogens is 319 g/mol. The number of hydrogen-bond donors (Lipinski definition) is 1. The molecule has 1 nitrogen and oxygen atoms in total. The number of nitrogens with two attached hydrogens (primary N) is 1. The molecule has 2 N–H and O–H groups in total. The fourth-order valence-electron chi connectivity index (χ4n) is 1.90. The van der Waals surface area contributed by atoms with Crippen molar-refractivity contribution in [3.8, 4) is 0 Å². The zero-order valence-corrected chi connectivity index (χ0v) is 11.6. The van der Waals surface area contributed by atoms with Gasteiger partial charge in [0.25, 0.3) is 0 Å². The summed E-state index contributed by atoms with van der Waals surface area (Å²) in [6.45, 7) is 1.71. The summed E-state index contributed by atoms with van der Waals surface area (Å²) in [5.41, 5.74) is 6.95. The summed E-state index contributed by atoms with van der Waals surface area (Å²) in [5.74, 6) is -1.70. The number of aryl methyl sites for hydroxylation is 1. The topological polar surface area (TPSA) is 26.0 Å².